The van der Waals surface area contributed by atoms with E-state index in [4.69, 9.17) is 0 Å². The Bertz CT molecular complexity index is 1400. The highest BCUT2D eigenvalue weighted by molar-refractivity contribution is 5.53. The van der Waals surface area contributed by atoms with Crippen molar-refractivity contribution < 1.29 is 10.2 Å². The Morgan fingerprint density at radius 3 is 1.83 bits per heavy atom. The molecule has 0 aliphatic rings. The second-order valence-corrected chi connectivity index (χ2v) is 10.2. The molecule has 0 heterocycles. The van der Waals surface area contributed by atoms with Crippen molar-refractivity contribution in [2.24, 2.45) is 0 Å². The van der Waals surface area contributed by atoms with Crippen molar-refractivity contribution in [2.45, 2.75) is 60.8 Å². The Hall–Kier alpha value is -3.52. The molecule has 4 rings (SSSR count). The quantitative estimate of drug-likeness (QED) is 0.307. The molecule has 0 atom stereocenters. The monoisotopic (exact) mass is 464 g/mol. The van der Waals surface area contributed by atoms with Crippen LogP contribution in [0.3, 0.4) is 0 Å². The minimum atomic E-state index is 0.351. The molecule has 0 aromatic heterocycles. The lowest BCUT2D eigenvalue weighted by Gasteiger charge is -2.19. The van der Waals surface area contributed by atoms with E-state index in [1.54, 1.807) is 6.07 Å². The predicted octanol–water partition coefficient (Wildman–Crippen LogP) is 7.72. The number of benzene rings is 4. The van der Waals surface area contributed by atoms with E-state index in [1.165, 1.54) is 38.9 Å². The number of phenols is 2. The number of hydrogen-bond donors (Lipinski definition) is 2. The van der Waals surface area contributed by atoms with Crippen molar-refractivity contribution in [1.29, 1.82) is 0 Å². The van der Waals surface area contributed by atoms with Crippen molar-refractivity contribution in [3.8, 4) is 11.5 Å². The van der Waals surface area contributed by atoms with E-state index in [0.29, 0.717) is 17.9 Å². The fraction of sp³-hybridized carbons (Fsp3) is 0.273. The highest BCUT2D eigenvalue weighted by atomic mass is 16.3. The molecule has 0 saturated carbocycles. The van der Waals surface area contributed by atoms with Gasteiger partial charge >= 0.3 is 0 Å². The van der Waals surface area contributed by atoms with Gasteiger partial charge in [0.1, 0.15) is 11.5 Å². The van der Waals surface area contributed by atoms with E-state index < -0.39 is 0 Å². The summed E-state index contributed by atoms with van der Waals surface area (Å²) in [5.41, 5.74) is 13.9. The van der Waals surface area contributed by atoms with Crippen LogP contribution < -0.4 is 0 Å². The zero-order valence-electron chi connectivity index (χ0n) is 21.8. The van der Waals surface area contributed by atoms with Crippen LogP contribution in [-0.2, 0) is 19.3 Å². The average Bonchev–Trinajstić information content (AvgIpc) is 2.80. The van der Waals surface area contributed by atoms with Gasteiger partial charge in [0.15, 0.2) is 0 Å². The molecule has 0 radical (unpaired) electrons. The molecule has 2 heteroatoms. The highest BCUT2D eigenvalue weighted by Gasteiger charge is 2.16. The lowest BCUT2D eigenvalue weighted by molar-refractivity contribution is 0.464. The second kappa shape index (κ2) is 10.00. The number of phenolic OH excluding ortho intramolecular Hbond substituents is 2. The normalized spacial score (nSPS) is 11.1. The van der Waals surface area contributed by atoms with Gasteiger partial charge in [0.2, 0.25) is 0 Å². The van der Waals surface area contributed by atoms with E-state index in [0.717, 1.165) is 40.7 Å². The Morgan fingerprint density at radius 2 is 1.14 bits per heavy atom. The van der Waals surface area contributed by atoms with Gasteiger partial charge in [-0.25, -0.2) is 0 Å². The Morgan fingerprint density at radius 1 is 0.543 bits per heavy atom. The van der Waals surface area contributed by atoms with Crippen LogP contribution in [0.1, 0.15) is 66.8 Å². The molecule has 0 amide bonds. The molecule has 0 unspecified atom stereocenters. The second-order valence-electron chi connectivity index (χ2n) is 10.2. The summed E-state index contributed by atoms with van der Waals surface area (Å²) in [5.74, 6) is 0.758. The van der Waals surface area contributed by atoms with E-state index in [2.05, 4.69) is 83.1 Å². The van der Waals surface area contributed by atoms with Crippen LogP contribution in [0, 0.1) is 41.5 Å². The number of rotatable bonds is 6. The minimum Gasteiger partial charge on any atom is -0.508 e. The van der Waals surface area contributed by atoms with Crippen molar-refractivity contribution >= 4 is 0 Å². The molecule has 4 aromatic carbocycles. The van der Waals surface area contributed by atoms with Crippen molar-refractivity contribution in [2.75, 3.05) is 0 Å². The van der Waals surface area contributed by atoms with E-state index in [1.807, 2.05) is 13.0 Å². The van der Waals surface area contributed by atoms with Crippen molar-refractivity contribution in [3.63, 3.8) is 0 Å². The molecular weight excluding hydrogens is 428 g/mol. The van der Waals surface area contributed by atoms with Crippen LogP contribution in [0.25, 0.3) is 0 Å². The smallest absolute Gasteiger partial charge is 0.122 e. The molecular formula is C33H36O2. The summed E-state index contributed by atoms with van der Waals surface area (Å²) in [5, 5.41) is 21.3. The summed E-state index contributed by atoms with van der Waals surface area (Å²) >= 11 is 0. The number of aryl methyl sites for hydroxylation is 4. The first-order valence-electron chi connectivity index (χ1n) is 12.4. The maximum absolute atomic E-state index is 10.9. The van der Waals surface area contributed by atoms with Gasteiger partial charge in [0.05, 0.1) is 0 Å². The summed E-state index contributed by atoms with van der Waals surface area (Å²) in [6.07, 6.45) is 2.24. The average molecular weight is 465 g/mol. The lowest BCUT2D eigenvalue weighted by Crippen LogP contribution is -2.04. The fourth-order valence-corrected chi connectivity index (χ4v) is 5.12. The summed E-state index contributed by atoms with van der Waals surface area (Å²) in [6, 6.07) is 21.0. The Kier molecular flexibility index (Phi) is 7.03. The molecule has 2 nitrogen and oxygen atoms in total. The minimum absolute atomic E-state index is 0.351. The molecule has 0 fully saturated rings. The highest BCUT2D eigenvalue weighted by Crippen LogP contribution is 2.33. The third-order valence-electron chi connectivity index (χ3n) is 7.21. The van der Waals surface area contributed by atoms with E-state index >= 15 is 0 Å². The van der Waals surface area contributed by atoms with E-state index in [9.17, 15) is 10.2 Å². The van der Waals surface area contributed by atoms with Gasteiger partial charge < -0.3 is 10.2 Å². The topological polar surface area (TPSA) is 40.5 Å². The largest absolute Gasteiger partial charge is 0.508 e. The van der Waals surface area contributed by atoms with Gasteiger partial charge in [-0.2, -0.15) is 0 Å². The maximum Gasteiger partial charge on any atom is 0.122 e. The summed E-state index contributed by atoms with van der Waals surface area (Å²) < 4.78 is 0. The van der Waals surface area contributed by atoms with Crippen LogP contribution in [0.2, 0.25) is 0 Å². The van der Waals surface area contributed by atoms with Gasteiger partial charge in [-0.05, 0) is 98.5 Å². The van der Waals surface area contributed by atoms with Gasteiger partial charge in [-0.1, -0.05) is 71.3 Å². The lowest BCUT2D eigenvalue weighted by atomic mass is 9.87. The molecule has 2 N–H and O–H groups in total. The van der Waals surface area contributed by atoms with Gasteiger partial charge in [0.25, 0.3) is 0 Å². The molecule has 35 heavy (non-hydrogen) atoms. The van der Waals surface area contributed by atoms with E-state index in [-0.39, 0.29) is 0 Å². The first-order chi connectivity index (χ1) is 16.6. The van der Waals surface area contributed by atoms with Crippen LogP contribution in [0.15, 0.2) is 60.7 Å². The van der Waals surface area contributed by atoms with Gasteiger partial charge in [-0.3, -0.25) is 0 Å². The Labute approximate surface area is 209 Å². The summed E-state index contributed by atoms with van der Waals surface area (Å²) in [4.78, 5) is 0. The molecule has 0 bridgehead atoms. The first-order valence-corrected chi connectivity index (χ1v) is 12.4. The molecule has 180 valence electrons. The van der Waals surface area contributed by atoms with Crippen LogP contribution in [0.4, 0.5) is 0 Å². The zero-order valence-corrected chi connectivity index (χ0v) is 21.8. The third-order valence-corrected chi connectivity index (χ3v) is 7.21. The molecule has 0 saturated heterocycles. The van der Waals surface area contributed by atoms with Crippen molar-refractivity contribution in [1.82, 2.24) is 0 Å². The standard InChI is InChI=1S/C33H36O2/c1-20-8-7-9-26(12-20)17-31-25(6)29(16-23(4)33(31)35)18-27-14-22(3)15-28(24(27)5)19-30-13-21(2)10-11-32(30)34/h7-16,34-35H,17-19H2,1-6H3. The van der Waals surface area contributed by atoms with Crippen LogP contribution >= 0.6 is 0 Å². The molecule has 0 aliphatic carbocycles. The maximum atomic E-state index is 10.9. The summed E-state index contributed by atoms with van der Waals surface area (Å²) in [6.45, 7) is 12.6. The van der Waals surface area contributed by atoms with Crippen LogP contribution in [-0.4, -0.2) is 10.2 Å². The first kappa shape index (κ1) is 24.6. The Balaban J connectivity index is 1.71. The number of hydrogen-bond acceptors (Lipinski definition) is 2. The predicted molar refractivity (Wildman–Crippen MR) is 146 cm³/mol. The fourth-order valence-electron chi connectivity index (χ4n) is 5.12. The SMILES string of the molecule is Cc1cccc(Cc2c(C)c(Cc3cc(C)cc(Cc4cc(C)ccc4O)c3C)cc(C)c2O)c1. The summed E-state index contributed by atoms with van der Waals surface area (Å²) in [7, 11) is 0. The molecule has 4 aromatic rings. The van der Waals surface area contributed by atoms with Gasteiger partial charge in [0, 0.05) is 18.4 Å². The van der Waals surface area contributed by atoms with Crippen LogP contribution in [0.5, 0.6) is 11.5 Å². The molecule has 0 aliphatic heterocycles. The van der Waals surface area contributed by atoms with Gasteiger partial charge in [-0.15, -0.1) is 0 Å². The zero-order chi connectivity index (χ0) is 25.3. The van der Waals surface area contributed by atoms with Crippen molar-refractivity contribution in [3.05, 3.63) is 127 Å². The third kappa shape index (κ3) is 5.43. The number of aromatic hydroxyl groups is 2. The molecule has 0 spiro atoms.